The fourth-order valence-electron chi connectivity index (χ4n) is 8.41. The van der Waals surface area contributed by atoms with Gasteiger partial charge in [0.15, 0.2) is 0 Å². The summed E-state index contributed by atoms with van der Waals surface area (Å²) in [6.07, 6.45) is 11.2. The van der Waals surface area contributed by atoms with Gasteiger partial charge in [0.25, 0.3) is 17.7 Å². The molecule has 13 nitrogen and oxygen atoms in total. The minimum Gasteiger partial charge on any atom is -0.384 e. The second-order valence-electron chi connectivity index (χ2n) is 15.7. The Hall–Kier alpha value is -4.78. The zero-order valence-electron chi connectivity index (χ0n) is 30.8. The zero-order valence-corrected chi connectivity index (χ0v) is 30.8. The van der Waals surface area contributed by atoms with Crippen molar-refractivity contribution < 1.29 is 29.1 Å². The van der Waals surface area contributed by atoms with Crippen molar-refractivity contribution in [2.75, 3.05) is 6.54 Å². The van der Waals surface area contributed by atoms with E-state index in [-0.39, 0.29) is 43.9 Å². The lowest BCUT2D eigenvalue weighted by atomic mass is 9.80. The zero-order chi connectivity index (χ0) is 37.8. The summed E-state index contributed by atoms with van der Waals surface area (Å²) in [7, 11) is 0. The fourth-order valence-corrected chi connectivity index (χ4v) is 8.41. The van der Waals surface area contributed by atoms with Crippen LogP contribution in [0.25, 0.3) is 10.8 Å². The van der Waals surface area contributed by atoms with E-state index in [0.717, 1.165) is 62.1 Å². The van der Waals surface area contributed by atoms with Crippen molar-refractivity contribution in [2.45, 2.75) is 127 Å². The third-order valence-corrected chi connectivity index (χ3v) is 11.3. The molecule has 2 heterocycles. The molecule has 3 fully saturated rings. The number of ketones is 1. The first-order chi connectivity index (χ1) is 25.4. The number of aliphatic hydroxyl groups is 1. The van der Waals surface area contributed by atoms with Crippen molar-refractivity contribution in [1.82, 2.24) is 25.2 Å². The van der Waals surface area contributed by atoms with Gasteiger partial charge in [-0.1, -0.05) is 99.8 Å². The summed E-state index contributed by atoms with van der Waals surface area (Å²) in [5.74, 6) is -3.52. The molecular weight excluding hydrogens is 674 g/mol. The van der Waals surface area contributed by atoms with E-state index in [4.69, 9.17) is 5.73 Å². The van der Waals surface area contributed by atoms with Crippen LogP contribution < -0.4 is 11.1 Å². The van der Waals surface area contributed by atoms with Gasteiger partial charge >= 0.3 is 0 Å². The number of aliphatic imine (C=N–C) groups is 1. The maximum Gasteiger partial charge on any atom is 0.287 e. The van der Waals surface area contributed by atoms with E-state index in [1.165, 1.54) is 15.8 Å². The molecule has 2 saturated carbocycles. The van der Waals surface area contributed by atoms with Gasteiger partial charge in [-0.15, -0.1) is 5.10 Å². The highest BCUT2D eigenvalue weighted by Crippen LogP contribution is 2.35. The van der Waals surface area contributed by atoms with Crippen LogP contribution in [0.5, 0.6) is 0 Å². The molecule has 3 aliphatic rings. The Balaban J connectivity index is 1.38. The first kappa shape index (κ1) is 38.0. The normalized spacial score (nSPS) is 21.5. The summed E-state index contributed by atoms with van der Waals surface area (Å²) < 4.78 is 1.53. The average Bonchev–Trinajstić information content (AvgIpc) is 3.81. The lowest BCUT2D eigenvalue weighted by Gasteiger charge is -2.36. The number of fused-ring (bicyclic) bond motifs is 1. The smallest absolute Gasteiger partial charge is 0.287 e. The third-order valence-electron chi connectivity index (χ3n) is 11.3. The van der Waals surface area contributed by atoms with Crippen LogP contribution in [0, 0.1) is 5.92 Å². The molecular formula is C40H51N7O6. The second-order valence-corrected chi connectivity index (χ2v) is 15.7. The molecule has 0 spiro atoms. The first-order valence-corrected chi connectivity index (χ1v) is 19.1. The van der Waals surface area contributed by atoms with E-state index >= 15 is 0 Å². The highest BCUT2D eigenvalue weighted by atomic mass is 16.3. The number of hydrogen-bond acceptors (Lipinski definition) is 8. The summed E-state index contributed by atoms with van der Waals surface area (Å²) in [5, 5.41) is 24.0. The van der Waals surface area contributed by atoms with Gasteiger partial charge in [0, 0.05) is 18.5 Å². The molecule has 53 heavy (non-hydrogen) atoms. The predicted molar refractivity (Wildman–Crippen MR) is 199 cm³/mol. The molecule has 1 aromatic heterocycles. The molecule has 4 N–H and O–H groups in total. The highest BCUT2D eigenvalue weighted by molar-refractivity contribution is 6.41. The number of carbonyl (C=O) groups is 5. The van der Waals surface area contributed by atoms with Crippen molar-refractivity contribution in [3.8, 4) is 0 Å². The number of nitrogens with two attached hydrogens (primary N) is 1. The number of amides is 4. The minimum atomic E-state index is -1.49. The molecule has 282 valence electrons. The summed E-state index contributed by atoms with van der Waals surface area (Å²) in [5.41, 5.74) is 3.55. The van der Waals surface area contributed by atoms with Gasteiger partial charge in [-0.25, -0.2) is 9.67 Å². The monoisotopic (exact) mass is 725 g/mol. The maximum absolute atomic E-state index is 14.9. The maximum atomic E-state index is 14.9. The van der Waals surface area contributed by atoms with Crippen molar-refractivity contribution in [3.05, 3.63) is 59.9 Å². The molecule has 2 aliphatic carbocycles. The van der Waals surface area contributed by atoms with Crippen LogP contribution in [0.1, 0.15) is 126 Å². The number of nitrogens with zero attached hydrogens (tertiary/aromatic N) is 5. The van der Waals surface area contributed by atoms with Crippen LogP contribution in [0.15, 0.2) is 53.7 Å². The standard InChI is InChI=1S/C40H51N7O6/c1-39(2,53)33-24-42-45-47(33)30-23-32(37(51)44-40(34(48)35(41)49)19-11-4-3-5-12-20-40)46(25-30)38(52)31(21-26-13-7-6-8-14-26)43-36(50)29-18-17-27-15-9-10-16-28(27)22-29/h9-10,15-18,22,24,26,30,32,53H,3-8,11-14,19-21,23,25H2,1-2H3,(H2,41,49)(H,44,51)/b43-31+/t30-,32-/m0/s1. The summed E-state index contributed by atoms with van der Waals surface area (Å²) in [6.45, 7) is 3.21. The summed E-state index contributed by atoms with van der Waals surface area (Å²) in [6, 6.07) is 11.3. The molecule has 2 aromatic carbocycles. The van der Waals surface area contributed by atoms with Crippen molar-refractivity contribution in [1.29, 1.82) is 0 Å². The predicted octanol–water partition coefficient (Wildman–Crippen LogP) is 4.71. The van der Waals surface area contributed by atoms with Crippen LogP contribution >= 0.6 is 0 Å². The molecule has 13 heteroatoms. The number of nitrogens with one attached hydrogen (secondary N) is 1. The van der Waals surface area contributed by atoms with Crippen LogP contribution in [-0.2, 0) is 24.8 Å². The number of hydrogen-bond donors (Lipinski definition) is 3. The Morgan fingerprint density at radius 2 is 1.60 bits per heavy atom. The van der Waals surface area contributed by atoms with E-state index in [1.54, 1.807) is 26.0 Å². The largest absolute Gasteiger partial charge is 0.384 e. The van der Waals surface area contributed by atoms with E-state index in [0.29, 0.717) is 24.1 Å². The number of aromatic nitrogens is 3. The topological polar surface area (TPSA) is 190 Å². The van der Waals surface area contributed by atoms with E-state index in [1.807, 2.05) is 30.3 Å². The van der Waals surface area contributed by atoms with Crippen LogP contribution in [0.4, 0.5) is 0 Å². The lowest BCUT2D eigenvalue weighted by Crippen LogP contribution is -2.61. The highest BCUT2D eigenvalue weighted by Gasteiger charge is 2.48. The molecule has 1 saturated heterocycles. The molecule has 0 radical (unpaired) electrons. The third kappa shape index (κ3) is 8.56. The van der Waals surface area contributed by atoms with Crippen LogP contribution in [0.3, 0.4) is 0 Å². The number of benzene rings is 2. The number of Topliss-reactive ketones (excluding diaryl/α,β-unsaturated/α-hetero) is 1. The lowest BCUT2D eigenvalue weighted by molar-refractivity contribution is -0.144. The van der Waals surface area contributed by atoms with Crippen molar-refractivity contribution in [3.63, 3.8) is 0 Å². The van der Waals surface area contributed by atoms with E-state index < -0.39 is 52.6 Å². The number of likely N-dealkylation sites (tertiary alicyclic amines) is 1. The van der Waals surface area contributed by atoms with Gasteiger partial charge in [-0.3, -0.25) is 24.0 Å². The Kier molecular flexibility index (Phi) is 11.5. The number of rotatable bonds is 10. The van der Waals surface area contributed by atoms with Crippen molar-refractivity contribution >= 4 is 45.9 Å². The quantitative estimate of drug-likeness (QED) is 0.198. The molecule has 1 aliphatic heterocycles. The average molecular weight is 726 g/mol. The first-order valence-electron chi connectivity index (χ1n) is 19.1. The number of primary amides is 1. The van der Waals surface area contributed by atoms with Crippen LogP contribution in [-0.4, -0.2) is 78.2 Å². The number of carbonyl (C=O) groups excluding carboxylic acids is 5. The van der Waals surface area contributed by atoms with Gasteiger partial charge in [0.05, 0.1) is 17.9 Å². The second kappa shape index (κ2) is 16.1. The van der Waals surface area contributed by atoms with Crippen molar-refractivity contribution in [2.24, 2.45) is 16.6 Å². The molecule has 6 rings (SSSR count). The van der Waals surface area contributed by atoms with Gasteiger partial charge in [0.2, 0.25) is 11.7 Å². The van der Waals surface area contributed by atoms with Gasteiger partial charge in [-0.05, 0) is 61.9 Å². The Morgan fingerprint density at radius 3 is 2.28 bits per heavy atom. The molecule has 0 bridgehead atoms. The van der Waals surface area contributed by atoms with Gasteiger partial charge in [0.1, 0.15) is 22.9 Å². The molecule has 4 amide bonds. The van der Waals surface area contributed by atoms with Crippen LogP contribution in [0.2, 0.25) is 0 Å². The fraction of sp³-hybridized carbons (Fsp3) is 0.550. The molecule has 3 aromatic rings. The Bertz CT molecular complexity index is 1880. The Morgan fingerprint density at radius 1 is 0.943 bits per heavy atom. The summed E-state index contributed by atoms with van der Waals surface area (Å²) >= 11 is 0. The summed E-state index contributed by atoms with van der Waals surface area (Å²) in [4.78, 5) is 74.9. The Labute approximate surface area is 309 Å². The minimum absolute atomic E-state index is 0.00791. The van der Waals surface area contributed by atoms with Gasteiger partial charge < -0.3 is 21.1 Å². The van der Waals surface area contributed by atoms with E-state index in [9.17, 15) is 29.1 Å². The molecule has 2 atom stereocenters. The van der Waals surface area contributed by atoms with Gasteiger partial charge in [-0.2, -0.15) is 0 Å². The molecule has 0 unspecified atom stereocenters. The SMILES string of the molecule is CC(C)(O)c1cnnn1[C@H]1C[C@@H](C(=O)NC2(C(=O)C(N)=O)CCCCCCC2)N(C(=O)/C(CC2CCCCC2)=N/C(=O)c2ccc3ccccc3c2)C1. The van der Waals surface area contributed by atoms with E-state index in [2.05, 4.69) is 20.6 Å².